The van der Waals surface area contributed by atoms with E-state index in [9.17, 15) is 0 Å². The fraction of sp³-hybridized carbons (Fsp3) is 0.733. The minimum Gasteiger partial charge on any atom is -0.473 e. The van der Waals surface area contributed by atoms with Gasteiger partial charge < -0.3 is 15.4 Å². The molecule has 1 fully saturated rings. The Kier molecular flexibility index (Phi) is 5.04. The summed E-state index contributed by atoms with van der Waals surface area (Å²) in [7, 11) is 0. The van der Waals surface area contributed by atoms with Gasteiger partial charge in [-0.1, -0.05) is 13.3 Å². The summed E-state index contributed by atoms with van der Waals surface area (Å²) in [6.45, 7) is 8.24. The number of ether oxygens (including phenoxy) is 1. The van der Waals surface area contributed by atoms with Gasteiger partial charge in [-0.3, -0.25) is 0 Å². The summed E-state index contributed by atoms with van der Waals surface area (Å²) in [4.78, 5) is 10.8. The van der Waals surface area contributed by atoms with Crippen molar-refractivity contribution in [2.45, 2.75) is 52.6 Å². The van der Waals surface area contributed by atoms with E-state index in [1.807, 2.05) is 13.8 Å². The number of anilines is 2. The molecule has 1 atom stereocenters. The largest absolute Gasteiger partial charge is 0.473 e. The van der Waals surface area contributed by atoms with Crippen LogP contribution in [0.15, 0.2) is 6.33 Å². The second kappa shape index (κ2) is 6.77. The Morgan fingerprint density at radius 1 is 1.35 bits per heavy atom. The van der Waals surface area contributed by atoms with Crippen LogP contribution in [0.3, 0.4) is 0 Å². The van der Waals surface area contributed by atoms with Crippen LogP contribution in [0.1, 0.15) is 46.5 Å². The minimum absolute atomic E-state index is 0.0636. The summed E-state index contributed by atoms with van der Waals surface area (Å²) in [5, 5.41) is 0. The molecule has 0 bridgehead atoms. The quantitative estimate of drug-likeness (QED) is 0.917. The van der Waals surface area contributed by atoms with E-state index in [-0.39, 0.29) is 6.10 Å². The van der Waals surface area contributed by atoms with Gasteiger partial charge in [-0.05, 0) is 39.0 Å². The Balaban J connectivity index is 2.15. The fourth-order valence-corrected chi connectivity index (χ4v) is 2.73. The van der Waals surface area contributed by atoms with Crippen molar-refractivity contribution in [2.75, 3.05) is 23.7 Å². The minimum atomic E-state index is 0.0636. The van der Waals surface area contributed by atoms with Gasteiger partial charge in [-0.15, -0.1) is 0 Å². The average molecular weight is 278 g/mol. The lowest BCUT2D eigenvalue weighted by molar-refractivity contribution is 0.234. The van der Waals surface area contributed by atoms with Crippen LogP contribution in [-0.4, -0.2) is 29.2 Å². The molecule has 0 saturated carbocycles. The van der Waals surface area contributed by atoms with E-state index in [1.54, 1.807) is 6.33 Å². The molecule has 2 heterocycles. The number of aromatic nitrogens is 2. The van der Waals surface area contributed by atoms with Gasteiger partial charge in [0.15, 0.2) is 5.82 Å². The van der Waals surface area contributed by atoms with Crippen molar-refractivity contribution in [2.24, 2.45) is 5.92 Å². The summed E-state index contributed by atoms with van der Waals surface area (Å²) < 4.78 is 5.65. The lowest BCUT2D eigenvalue weighted by Gasteiger charge is -2.24. The van der Waals surface area contributed by atoms with Crippen molar-refractivity contribution in [3.63, 3.8) is 0 Å². The molecule has 1 unspecified atom stereocenters. The van der Waals surface area contributed by atoms with E-state index in [2.05, 4.69) is 21.8 Å². The number of nitrogens with zero attached hydrogens (tertiary/aromatic N) is 3. The molecule has 1 aliphatic heterocycles. The maximum Gasteiger partial charge on any atom is 0.242 e. The molecule has 1 aliphatic rings. The van der Waals surface area contributed by atoms with Gasteiger partial charge in [-0.2, -0.15) is 4.98 Å². The Labute approximate surface area is 121 Å². The molecule has 0 aliphatic carbocycles. The highest BCUT2D eigenvalue weighted by atomic mass is 16.5. The fourth-order valence-electron chi connectivity index (χ4n) is 2.73. The van der Waals surface area contributed by atoms with Crippen molar-refractivity contribution in [3.8, 4) is 5.88 Å². The summed E-state index contributed by atoms with van der Waals surface area (Å²) in [5.74, 6) is 2.16. The zero-order valence-electron chi connectivity index (χ0n) is 12.8. The first-order chi connectivity index (χ1) is 9.61. The van der Waals surface area contributed by atoms with Crippen LogP contribution >= 0.6 is 0 Å². The molecule has 5 nitrogen and oxygen atoms in total. The third kappa shape index (κ3) is 3.52. The monoisotopic (exact) mass is 278 g/mol. The number of hydrogen-bond donors (Lipinski definition) is 1. The van der Waals surface area contributed by atoms with Gasteiger partial charge in [-0.25, -0.2) is 4.98 Å². The normalized spacial score (nSPS) is 20.0. The summed E-state index contributed by atoms with van der Waals surface area (Å²) in [5.41, 5.74) is 6.75. The predicted molar refractivity (Wildman–Crippen MR) is 82.1 cm³/mol. The molecular weight excluding hydrogens is 252 g/mol. The first-order valence-electron chi connectivity index (χ1n) is 7.63. The molecule has 1 saturated heterocycles. The zero-order chi connectivity index (χ0) is 14.5. The number of nitrogens with two attached hydrogens (primary N) is 1. The molecule has 0 aromatic carbocycles. The molecule has 2 rings (SSSR count). The smallest absolute Gasteiger partial charge is 0.242 e. The van der Waals surface area contributed by atoms with Crippen LogP contribution < -0.4 is 15.4 Å². The Bertz CT molecular complexity index is 436. The third-order valence-electron chi connectivity index (χ3n) is 3.90. The van der Waals surface area contributed by atoms with Crippen molar-refractivity contribution >= 4 is 11.5 Å². The van der Waals surface area contributed by atoms with Crippen LogP contribution in [0.4, 0.5) is 11.5 Å². The standard InChI is InChI=1S/C15H26N4O/c1-4-12-6-5-8-19(9-7-12)14-13(16)15(18-10-17-14)20-11(2)3/h10-12H,4-9,16H2,1-3H3. The first-order valence-corrected chi connectivity index (χ1v) is 7.63. The van der Waals surface area contributed by atoms with Crippen molar-refractivity contribution in [1.29, 1.82) is 0 Å². The number of hydrogen-bond acceptors (Lipinski definition) is 5. The zero-order valence-corrected chi connectivity index (χ0v) is 12.8. The second-order valence-electron chi connectivity index (χ2n) is 5.77. The highest BCUT2D eigenvalue weighted by Gasteiger charge is 2.20. The van der Waals surface area contributed by atoms with Gasteiger partial charge >= 0.3 is 0 Å². The number of nitrogen functional groups attached to an aromatic ring is 1. The van der Waals surface area contributed by atoms with Crippen molar-refractivity contribution in [1.82, 2.24) is 9.97 Å². The van der Waals surface area contributed by atoms with Gasteiger partial charge in [0.1, 0.15) is 12.0 Å². The van der Waals surface area contributed by atoms with E-state index in [0.29, 0.717) is 11.6 Å². The van der Waals surface area contributed by atoms with Crippen molar-refractivity contribution < 1.29 is 4.74 Å². The second-order valence-corrected chi connectivity index (χ2v) is 5.77. The van der Waals surface area contributed by atoms with Crippen LogP contribution in [0.25, 0.3) is 0 Å². The highest BCUT2D eigenvalue weighted by Crippen LogP contribution is 2.31. The Morgan fingerprint density at radius 2 is 2.15 bits per heavy atom. The summed E-state index contributed by atoms with van der Waals surface area (Å²) >= 11 is 0. The molecule has 0 radical (unpaired) electrons. The van der Waals surface area contributed by atoms with Gasteiger partial charge in [0, 0.05) is 13.1 Å². The maximum absolute atomic E-state index is 6.19. The lowest BCUT2D eigenvalue weighted by atomic mass is 9.98. The average Bonchev–Trinajstić information content (AvgIpc) is 2.66. The van der Waals surface area contributed by atoms with Gasteiger partial charge in [0.25, 0.3) is 0 Å². The van der Waals surface area contributed by atoms with E-state index in [4.69, 9.17) is 10.5 Å². The van der Waals surface area contributed by atoms with Gasteiger partial charge in [0.05, 0.1) is 6.10 Å². The molecule has 2 N–H and O–H groups in total. The molecular formula is C15H26N4O. The van der Waals surface area contributed by atoms with E-state index in [1.165, 1.54) is 25.7 Å². The maximum atomic E-state index is 6.19. The third-order valence-corrected chi connectivity index (χ3v) is 3.90. The van der Waals surface area contributed by atoms with Crippen LogP contribution in [0.5, 0.6) is 5.88 Å². The van der Waals surface area contributed by atoms with Crippen molar-refractivity contribution in [3.05, 3.63) is 6.33 Å². The topological polar surface area (TPSA) is 64.3 Å². The van der Waals surface area contributed by atoms with Gasteiger partial charge in [0.2, 0.25) is 5.88 Å². The Morgan fingerprint density at radius 3 is 2.85 bits per heavy atom. The molecule has 5 heteroatoms. The van der Waals surface area contributed by atoms with E-state index < -0.39 is 0 Å². The molecule has 1 aromatic heterocycles. The molecule has 0 spiro atoms. The number of rotatable bonds is 4. The molecule has 0 amide bonds. The van der Waals surface area contributed by atoms with E-state index in [0.717, 1.165) is 24.8 Å². The Hall–Kier alpha value is -1.52. The lowest BCUT2D eigenvalue weighted by Crippen LogP contribution is -2.26. The van der Waals surface area contributed by atoms with E-state index >= 15 is 0 Å². The first kappa shape index (κ1) is 14.9. The highest BCUT2D eigenvalue weighted by molar-refractivity contribution is 5.67. The predicted octanol–water partition coefficient (Wildman–Crippen LogP) is 2.86. The van der Waals surface area contributed by atoms with Crippen LogP contribution in [0.2, 0.25) is 0 Å². The summed E-state index contributed by atoms with van der Waals surface area (Å²) in [6.07, 6.45) is 6.57. The van der Waals surface area contributed by atoms with Crippen LogP contribution in [0, 0.1) is 5.92 Å². The summed E-state index contributed by atoms with van der Waals surface area (Å²) in [6, 6.07) is 0. The molecule has 1 aromatic rings. The molecule has 112 valence electrons. The SMILES string of the molecule is CCC1CCCN(c2ncnc(OC(C)C)c2N)CC1. The molecule has 20 heavy (non-hydrogen) atoms. The van der Waals surface area contributed by atoms with Crippen LogP contribution in [-0.2, 0) is 0 Å².